The normalized spacial score (nSPS) is 15.5. The molecule has 0 amide bonds. The summed E-state index contributed by atoms with van der Waals surface area (Å²) >= 11 is 0. The van der Waals surface area contributed by atoms with Crippen LogP contribution in [0.15, 0.2) is 54.7 Å². The van der Waals surface area contributed by atoms with E-state index in [1.165, 1.54) is 7.11 Å². The third-order valence-electron chi connectivity index (χ3n) is 5.45. The van der Waals surface area contributed by atoms with E-state index in [9.17, 15) is 4.79 Å². The minimum atomic E-state index is -0.288. The molecule has 1 aliphatic carbocycles. The summed E-state index contributed by atoms with van der Waals surface area (Å²) in [7, 11) is 1.44. The van der Waals surface area contributed by atoms with Gasteiger partial charge in [-0.3, -0.25) is 9.78 Å². The standard InChI is InChI=1S/C23H24N2O3/c1-27-23(26)22(17-7-2-3-8-17)21-13-12-19(14-24-21)28-15-18-11-10-16-6-4-5-9-20(16)25-18/h4-6,9-14,17,22H,2-3,7-8,15H2,1H3. The van der Waals surface area contributed by atoms with E-state index >= 15 is 0 Å². The Hall–Kier alpha value is -2.95. The minimum Gasteiger partial charge on any atom is -0.486 e. The fraction of sp³-hybridized carbons (Fsp3) is 0.348. The number of ether oxygens (including phenoxy) is 2. The Bertz CT molecular complexity index is 949. The van der Waals surface area contributed by atoms with Gasteiger partial charge in [0.15, 0.2) is 0 Å². The summed E-state index contributed by atoms with van der Waals surface area (Å²) in [6, 6.07) is 15.8. The maximum absolute atomic E-state index is 12.3. The minimum absolute atomic E-state index is 0.201. The summed E-state index contributed by atoms with van der Waals surface area (Å²) in [5, 5.41) is 1.11. The number of fused-ring (bicyclic) bond motifs is 1. The van der Waals surface area contributed by atoms with Crippen LogP contribution in [0.1, 0.15) is 43.0 Å². The first-order valence-corrected chi connectivity index (χ1v) is 9.76. The molecule has 1 saturated carbocycles. The number of carbonyl (C=O) groups is 1. The van der Waals surface area contributed by atoms with E-state index < -0.39 is 0 Å². The zero-order valence-corrected chi connectivity index (χ0v) is 16.0. The number of methoxy groups -OCH3 is 1. The van der Waals surface area contributed by atoms with Gasteiger partial charge < -0.3 is 9.47 Å². The number of nitrogens with zero attached hydrogens (tertiary/aromatic N) is 2. The number of pyridine rings is 2. The van der Waals surface area contributed by atoms with Crippen LogP contribution in [0.3, 0.4) is 0 Å². The van der Waals surface area contributed by atoms with Crippen molar-refractivity contribution in [1.29, 1.82) is 0 Å². The number of esters is 1. The second-order valence-electron chi connectivity index (χ2n) is 7.25. The summed E-state index contributed by atoms with van der Waals surface area (Å²) in [5.41, 5.74) is 2.57. The van der Waals surface area contributed by atoms with Crippen molar-refractivity contribution in [2.24, 2.45) is 5.92 Å². The molecule has 2 aromatic heterocycles. The molecule has 0 spiro atoms. The molecule has 2 heterocycles. The van der Waals surface area contributed by atoms with Gasteiger partial charge in [0.25, 0.3) is 0 Å². The van der Waals surface area contributed by atoms with Crippen molar-refractivity contribution in [3.05, 3.63) is 66.1 Å². The molecule has 28 heavy (non-hydrogen) atoms. The molecule has 0 N–H and O–H groups in total. The van der Waals surface area contributed by atoms with Gasteiger partial charge >= 0.3 is 5.97 Å². The van der Waals surface area contributed by atoms with Gasteiger partial charge in [-0.05, 0) is 43.0 Å². The average Bonchev–Trinajstić information content (AvgIpc) is 3.27. The van der Waals surface area contributed by atoms with Crippen molar-refractivity contribution < 1.29 is 14.3 Å². The third-order valence-corrected chi connectivity index (χ3v) is 5.45. The Kier molecular flexibility index (Phi) is 5.51. The highest BCUT2D eigenvalue weighted by Crippen LogP contribution is 2.37. The summed E-state index contributed by atoms with van der Waals surface area (Å²) in [6.07, 6.45) is 6.11. The van der Waals surface area contributed by atoms with Crippen molar-refractivity contribution in [3.8, 4) is 5.75 Å². The quantitative estimate of drug-likeness (QED) is 0.586. The van der Waals surface area contributed by atoms with Crippen LogP contribution in [0.4, 0.5) is 0 Å². The van der Waals surface area contributed by atoms with Crippen LogP contribution in [0.25, 0.3) is 10.9 Å². The van der Waals surface area contributed by atoms with Crippen LogP contribution >= 0.6 is 0 Å². The number of hydrogen-bond acceptors (Lipinski definition) is 5. The van der Waals surface area contributed by atoms with Gasteiger partial charge in [0.05, 0.1) is 30.2 Å². The third kappa shape index (κ3) is 3.98. The highest BCUT2D eigenvalue weighted by molar-refractivity contribution is 5.78. The summed E-state index contributed by atoms with van der Waals surface area (Å²) in [6.45, 7) is 0.370. The Morgan fingerprint density at radius 2 is 1.93 bits per heavy atom. The Morgan fingerprint density at radius 1 is 1.11 bits per heavy atom. The lowest BCUT2D eigenvalue weighted by molar-refractivity contribution is -0.144. The molecule has 1 aliphatic rings. The van der Waals surface area contributed by atoms with Crippen LogP contribution in [0, 0.1) is 5.92 Å². The predicted octanol–water partition coefficient (Wildman–Crippen LogP) is 4.66. The maximum Gasteiger partial charge on any atom is 0.315 e. The number of benzene rings is 1. The monoisotopic (exact) mass is 376 g/mol. The average molecular weight is 376 g/mol. The van der Waals surface area contributed by atoms with Gasteiger partial charge in [-0.15, -0.1) is 0 Å². The number of aromatic nitrogens is 2. The molecule has 1 atom stereocenters. The van der Waals surface area contributed by atoms with E-state index in [1.807, 2.05) is 48.5 Å². The molecular weight excluding hydrogens is 352 g/mol. The van der Waals surface area contributed by atoms with E-state index in [4.69, 9.17) is 9.47 Å². The molecular formula is C23H24N2O3. The molecule has 1 aromatic carbocycles. The van der Waals surface area contributed by atoms with Crippen LogP contribution in [-0.2, 0) is 16.1 Å². The second-order valence-corrected chi connectivity index (χ2v) is 7.25. The van der Waals surface area contributed by atoms with Gasteiger partial charge in [0, 0.05) is 5.39 Å². The zero-order valence-electron chi connectivity index (χ0n) is 16.0. The number of hydrogen-bond donors (Lipinski definition) is 0. The largest absolute Gasteiger partial charge is 0.486 e. The van der Waals surface area contributed by atoms with Gasteiger partial charge in [-0.25, -0.2) is 4.98 Å². The topological polar surface area (TPSA) is 61.3 Å². The van der Waals surface area contributed by atoms with Crippen molar-refractivity contribution in [2.45, 2.75) is 38.2 Å². The van der Waals surface area contributed by atoms with Crippen LogP contribution in [0.5, 0.6) is 5.75 Å². The zero-order chi connectivity index (χ0) is 19.3. The molecule has 4 rings (SSSR count). The van der Waals surface area contributed by atoms with E-state index in [2.05, 4.69) is 9.97 Å². The summed E-state index contributed by atoms with van der Waals surface area (Å²) < 4.78 is 10.9. The Labute approximate surface area is 164 Å². The second kappa shape index (κ2) is 8.38. The molecule has 1 fully saturated rings. The molecule has 144 valence electrons. The number of para-hydroxylation sites is 1. The molecule has 3 aromatic rings. The molecule has 1 unspecified atom stereocenters. The Morgan fingerprint density at radius 3 is 2.68 bits per heavy atom. The fourth-order valence-electron chi connectivity index (χ4n) is 3.98. The number of carbonyl (C=O) groups excluding carboxylic acids is 1. The summed E-state index contributed by atoms with van der Waals surface area (Å²) in [4.78, 5) is 21.4. The van der Waals surface area contributed by atoms with Crippen LogP contribution < -0.4 is 4.74 Å². The highest BCUT2D eigenvalue weighted by atomic mass is 16.5. The van der Waals surface area contributed by atoms with Crippen LogP contribution in [0.2, 0.25) is 0 Å². The lowest BCUT2D eigenvalue weighted by atomic mass is 9.88. The van der Waals surface area contributed by atoms with E-state index in [-0.39, 0.29) is 11.9 Å². The lowest BCUT2D eigenvalue weighted by Crippen LogP contribution is -2.22. The van der Waals surface area contributed by atoms with Crippen LogP contribution in [-0.4, -0.2) is 23.0 Å². The summed E-state index contributed by atoms with van der Waals surface area (Å²) in [5.74, 6) is 0.486. The molecule has 5 nitrogen and oxygen atoms in total. The van der Waals surface area contributed by atoms with E-state index in [0.29, 0.717) is 18.3 Å². The van der Waals surface area contributed by atoms with E-state index in [1.54, 1.807) is 6.20 Å². The predicted molar refractivity (Wildman–Crippen MR) is 107 cm³/mol. The van der Waals surface area contributed by atoms with Crippen molar-refractivity contribution in [2.75, 3.05) is 7.11 Å². The Balaban J connectivity index is 1.45. The molecule has 0 saturated heterocycles. The lowest BCUT2D eigenvalue weighted by Gasteiger charge is -2.20. The van der Waals surface area contributed by atoms with Gasteiger partial charge in [-0.1, -0.05) is 37.1 Å². The first-order valence-electron chi connectivity index (χ1n) is 9.76. The van der Waals surface area contributed by atoms with E-state index in [0.717, 1.165) is 48.0 Å². The SMILES string of the molecule is COC(=O)C(c1ccc(OCc2ccc3ccccc3n2)cn1)C1CCCC1. The van der Waals surface area contributed by atoms with Crippen molar-refractivity contribution in [3.63, 3.8) is 0 Å². The maximum atomic E-state index is 12.3. The first-order chi connectivity index (χ1) is 13.7. The van der Waals surface area contributed by atoms with Gasteiger partial charge in [0.1, 0.15) is 18.3 Å². The number of rotatable bonds is 6. The molecule has 5 heteroatoms. The van der Waals surface area contributed by atoms with Crippen molar-refractivity contribution in [1.82, 2.24) is 9.97 Å². The molecule has 0 bridgehead atoms. The smallest absolute Gasteiger partial charge is 0.315 e. The van der Waals surface area contributed by atoms with Gasteiger partial charge in [-0.2, -0.15) is 0 Å². The van der Waals surface area contributed by atoms with Crippen molar-refractivity contribution >= 4 is 16.9 Å². The van der Waals surface area contributed by atoms with Gasteiger partial charge in [0.2, 0.25) is 0 Å². The fourth-order valence-corrected chi connectivity index (χ4v) is 3.98. The highest BCUT2D eigenvalue weighted by Gasteiger charge is 2.33. The molecule has 0 aliphatic heterocycles. The first kappa shape index (κ1) is 18.4. The molecule has 0 radical (unpaired) electrons.